The monoisotopic (exact) mass is 299 g/mol. The number of carbonyl (C=O) groups is 1. The first-order chi connectivity index (χ1) is 8.04. The summed E-state index contributed by atoms with van der Waals surface area (Å²) < 4.78 is 0.899. The molecule has 0 aliphatic heterocycles. The van der Waals surface area contributed by atoms with Crippen molar-refractivity contribution in [3.05, 3.63) is 33.8 Å². The minimum absolute atomic E-state index is 0.0609. The van der Waals surface area contributed by atoms with Gasteiger partial charge in [-0.2, -0.15) is 0 Å². The number of amides is 1. The van der Waals surface area contributed by atoms with Crippen LogP contribution in [0.25, 0.3) is 0 Å². The molecular formula is C13H18BrNO2. The van der Waals surface area contributed by atoms with E-state index in [1.54, 1.807) is 0 Å². The highest BCUT2D eigenvalue weighted by molar-refractivity contribution is 9.10. The Morgan fingerprint density at radius 2 is 2.24 bits per heavy atom. The van der Waals surface area contributed by atoms with Crippen molar-refractivity contribution in [3.63, 3.8) is 0 Å². The summed E-state index contributed by atoms with van der Waals surface area (Å²) in [5.41, 5.74) is 1.65. The zero-order valence-corrected chi connectivity index (χ0v) is 11.8. The van der Waals surface area contributed by atoms with Crippen molar-refractivity contribution in [1.29, 1.82) is 0 Å². The lowest BCUT2D eigenvalue weighted by molar-refractivity contribution is 0.0935. The Balaban J connectivity index is 2.66. The van der Waals surface area contributed by atoms with Gasteiger partial charge in [-0.15, -0.1) is 0 Å². The van der Waals surface area contributed by atoms with Gasteiger partial charge < -0.3 is 10.4 Å². The van der Waals surface area contributed by atoms with Crippen molar-refractivity contribution in [2.75, 3.05) is 6.61 Å². The van der Waals surface area contributed by atoms with Gasteiger partial charge in [0.1, 0.15) is 0 Å². The first-order valence-electron chi connectivity index (χ1n) is 5.72. The molecule has 1 amide bonds. The second kappa shape index (κ2) is 6.77. The molecule has 1 rings (SSSR count). The van der Waals surface area contributed by atoms with E-state index < -0.39 is 0 Å². The fourth-order valence-corrected chi connectivity index (χ4v) is 1.97. The number of benzene rings is 1. The second-order valence-electron chi connectivity index (χ2n) is 4.20. The highest BCUT2D eigenvalue weighted by Gasteiger charge is 2.12. The van der Waals surface area contributed by atoms with Crippen LogP contribution in [-0.2, 0) is 0 Å². The van der Waals surface area contributed by atoms with E-state index in [-0.39, 0.29) is 18.6 Å². The summed E-state index contributed by atoms with van der Waals surface area (Å²) in [4.78, 5) is 12.0. The lowest BCUT2D eigenvalue weighted by atomic mass is 10.1. The smallest absolute Gasteiger partial charge is 0.251 e. The third-order valence-electron chi connectivity index (χ3n) is 2.62. The van der Waals surface area contributed by atoms with Crippen LogP contribution in [0.2, 0.25) is 0 Å². The van der Waals surface area contributed by atoms with Gasteiger partial charge in [-0.25, -0.2) is 0 Å². The standard InChI is InChI=1S/C13H18BrNO2/c1-9-5-6-11(14)8-12(9)13(17)15-10(2)4-3-7-16/h5-6,8,10,16H,3-4,7H2,1-2H3,(H,15,17). The molecule has 0 saturated carbocycles. The largest absolute Gasteiger partial charge is 0.396 e. The number of hydrogen-bond donors (Lipinski definition) is 2. The van der Waals surface area contributed by atoms with Crippen LogP contribution >= 0.6 is 15.9 Å². The highest BCUT2D eigenvalue weighted by Crippen LogP contribution is 2.16. The average Bonchev–Trinajstić information content (AvgIpc) is 2.29. The van der Waals surface area contributed by atoms with Crippen molar-refractivity contribution in [3.8, 4) is 0 Å². The SMILES string of the molecule is Cc1ccc(Br)cc1C(=O)NC(C)CCCO. The van der Waals surface area contributed by atoms with E-state index in [2.05, 4.69) is 21.2 Å². The van der Waals surface area contributed by atoms with Crippen LogP contribution < -0.4 is 5.32 Å². The van der Waals surface area contributed by atoms with Crippen LogP contribution in [0.4, 0.5) is 0 Å². The third-order valence-corrected chi connectivity index (χ3v) is 3.11. The maximum absolute atomic E-state index is 12.0. The van der Waals surface area contributed by atoms with Crippen LogP contribution in [0.5, 0.6) is 0 Å². The fraction of sp³-hybridized carbons (Fsp3) is 0.462. The summed E-state index contributed by atoms with van der Waals surface area (Å²) in [6.07, 6.45) is 1.49. The van der Waals surface area contributed by atoms with Crippen LogP contribution in [0.15, 0.2) is 22.7 Å². The van der Waals surface area contributed by atoms with E-state index in [1.165, 1.54) is 0 Å². The summed E-state index contributed by atoms with van der Waals surface area (Å²) in [5, 5.41) is 11.7. The van der Waals surface area contributed by atoms with E-state index in [0.29, 0.717) is 12.0 Å². The first kappa shape index (κ1) is 14.2. The number of aliphatic hydroxyl groups is 1. The maximum Gasteiger partial charge on any atom is 0.251 e. The van der Waals surface area contributed by atoms with E-state index in [1.807, 2.05) is 32.0 Å². The van der Waals surface area contributed by atoms with Crippen molar-refractivity contribution < 1.29 is 9.90 Å². The molecule has 3 nitrogen and oxygen atoms in total. The molecule has 0 aromatic heterocycles. The van der Waals surface area contributed by atoms with Crippen molar-refractivity contribution in [2.45, 2.75) is 32.7 Å². The molecule has 1 aromatic carbocycles. The predicted molar refractivity (Wildman–Crippen MR) is 72.1 cm³/mol. The van der Waals surface area contributed by atoms with Gasteiger partial charge in [0.25, 0.3) is 5.91 Å². The average molecular weight is 300 g/mol. The topological polar surface area (TPSA) is 49.3 Å². The number of aliphatic hydroxyl groups excluding tert-OH is 1. The summed E-state index contributed by atoms with van der Waals surface area (Å²) in [6, 6.07) is 5.73. The van der Waals surface area contributed by atoms with Crippen molar-refractivity contribution in [1.82, 2.24) is 5.32 Å². The molecule has 1 unspecified atom stereocenters. The maximum atomic E-state index is 12.0. The Labute approximate surface area is 110 Å². The van der Waals surface area contributed by atoms with E-state index in [4.69, 9.17) is 5.11 Å². The summed E-state index contributed by atoms with van der Waals surface area (Å²) in [6.45, 7) is 4.02. The summed E-state index contributed by atoms with van der Waals surface area (Å²) in [7, 11) is 0. The van der Waals surface area contributed by atoms with Gasteiger partial charge in [0.2, 0.25) is 0 Å². The molecule has 4 heteroatoms. The molecule has 0 radical (unpaired) electrons. The molecular weight excluding hydrogens is 282 g/mol. The normalized spacial score (nSPS) is 12.2. The minimum atomic E-state index is -0.0609. The quantitative estimate of drug-likeness (QED) is 0.878. The van der Waals surface area contributed by atoms with Crippen LogP contribution in [0.1, 0.15) is 35.7 Å². The van der Waals surface area contributed by atoms with Crippen LogP contribution in [0.3, 0.4) is 0 Å². The minimum Gasteiger partial charge on any atom is -0.396 e. The summed E-state index contributed by atoms with van der Waals surface area (Å²) in [5.74, 6) is -0.0609. The molecule has 0 saturated heterocycles. The van der Waals surface area contributed by atoms with E-state index in [0.717, 1.165) is 16.5 Å². The molecule has 0 aliphatic carbocycles. The zero-order chi connectivity index (χ0) is 12.8. The molecule has 0 bridgehead atoms. The number of nitrogens with one attached hydrogen (secondary N) is 1. The Morgan fingerprint density at radius 1 is 1.53 bits per heavy atom. The molecule has 2 N–H and O–H groups in total. The Hall–Kier alpha value is -0.870. The van der Waals surface area contributed by atoms with Gasteiger partial charge in [-0.1, -0.05) is 22.0 Å². The lowest BCUT2D eigenvalue weighted by Gasteiger charge is -2.14. The number of rotatable bonds is 5. The molecule has 94 valence electrons. The highest BCUT2D eigenvalue weighted by atomic mass is 79.9. The van der Waals surface area contributed by atoms with Gasteiger partial charge in [-0.3, -0.25) is 4.79 Å². The number of aryl methyl sites for hydroxylation is 1. The predicted octanol–water partition coefficient (Wildman–Crippen LogP) is 2.65. The number of carbonyl (C=O) groups excluding carboxylic acids is 1. The molecule has 1 aromatic rings. The van der Waals surface area contributed by atoms with Gasteiger partial charge in [0, 0.05) is 22.7 Å². The van der Waals surface area contributed by atoms with Gasteiger partial charge in [-0.05, 0) is 44.4 Å². The number of halogens is 1. The van der Waals surface area contributed by atoms with Gasteiger partial charge in [0.15, 0.2) is 0 Å². The molecule has 0 heterocycles. The number of hydrogen-bond acceptors (Lipinski definition) is 2. The van der Waals surface area contributed by atoms with Crippen molar-refractivity contribution >= 4 is 21.8 Å². The van der Waals surface area contributed by atoms with Gasteiger partial charge in [0.05, 0.1) is 0 Å². The fourth-order valence-electron chi connectivity index (χ4n) is 1.61. The van der Waals surface area contributed by atoms with Crippen molar-refractivity contribution in [2.24, 2.45) is 0 Å². The summed E-state index contributed by atoms with van der Waals surface area (Å²) >= 11 is 3.36. The Morgan fingerprint density at radius 3 is 2.88 bits per heavy atom. The molecule has 0 fully saturated rings. The van der Waals surface area contributed by atoms with Crippen LogP contribution in [-0.4, -0.2) is 23.7 Å². The third kappa shape index (κ3) is 4.48. The van der Waals surface area contributed by atoms with E-state index >= 15 is 0 Å². The van der Waals surface area contributed by atoms with E-state index in [9.17, 15) is 4.79 Å². The Bertz CT molecular complexity index is 393. The second-order valence-corrected chi connectivity index (χ2v) is 5.12. The molecule has 0 aliphatic rings. The molecule has 0 spiro atoms. The molecule has 17 heavy (non-hydrogen) atoms. The van der Waals surface area contributed by atoms with Gasteiger partial charge >= 0.3 is 0 Å². The first-order valence-corrected chi connectivity index (χ1v) is 6.51. The van der Waals surface area contributed by atoms with Crippen LogP contribution in [0, 0.1) is 6.92 Å². The Kier molecular flexibility index (Phi) is 5.65. The zero-order valence-electron chi connectivity index (χ0n) is 10.2. The lowest BCUT2D eigenvalue weighted by Crippen LogP contribution is -2.33. The molecule has 1 atom stereocenters.